The van der Waals surface area contributed by atoms with Crippen LogP contribution in [-0.4, -0.2) is 19.2 Å². The molecule has 3 rings (SSSR count). The standard InChI is InChI=1S/C19H14ClN3O5S/c20-16-12-13(23(25)26)10-11-15(16)19(24)21-17-8-4-5-9-18(17)22-29(27,28)14-6-2-1-3-7-14/h1-12,22H,(H,21,24). The van der Waals surface area contributed by atoms with Crippen LogP contribution >= 0.6 is 11.6 Å². The topological polar surface area (TPSA) is 118 Å². The minimum atomic E-state index is -3.86. The van der Waals surface area contributed by atoms with Gasteiger partial charge in [-0.05, 0) is 30.3 Å². The van der Waals surface area contributed by atoms with Crippen molar-refractivity contribution in [2.45, 2.75) is 4.90 Å². The summed E-state index contributed by atoms with van der Waals surface area (Å²) in [5.74, 6) is -0.642. The van der Waals surface area contributed by atoms with Gasteiger partial charge in [-0.3, -0.25) is 19.6 Å². The molecule has 3 aromatic rings. The first-order chi connectivity index (χ1) is 13.8. The van der Waals surface area contributed by atoms with Crippen LogP contribution in [0.3, 0.4) is 0 Å². The van der Waals surface area contributed by atoms with Crippen molar-refractivity contribution < 1.29 is 18.1 Å². The van der Waals surface area contributed by atoms with Crippen molar-refractivity contribution in [1.82, 2.24) is 0 Å². The van der Waals surface area contributed by atoms with E-state index in [1.807, 2.05) is 0 Å². The molecule has 0 fully saturated rings. The summed E-state index contributed by atoms with van der Waals surface area (Å²) in [5, 5.41) is 13.3. The van der Waals surface area contributed by atoms with Gasteiger partial charge in [0.05, 0.1) is 31.8 Å². The van der Waals surface area contributed by atoms with E-state index >= 15 is 0 Å². The molecule has 0 unspecified atom stereocenters. The number of non-ortho nitro benzene ring substituents is 1. The van der Waals surface area contributed by atoms with E-state index in [4.69, 9.17) is 11.6 Å². The summed E-state index contributed by atoms with van der Waals surface area (Å²) in [7, 11) is -3.86. The highest BCUT2D eigenvalue weighted by atomic mass is 35.5. The van der Waals surface area contributed by atoms with Gasteiger partial charge < -0.3 is 5.32 Å². The maximum Gasteiger partial charge on any atom is 0.270 e. The lowest BCUT2D eigenvalue weighted by molar-refractivity contribution is -0.384. The Morgan fingerprint density at radius 3 is 2.17 bits per heavy atom. The third kappa shape index (κ3) is 4.71. The number of nitro groups is 1. The third-order valence-corrected chi connectivity index (χ3v) is 5.58. The number of hydrogen-bond donors (Lipinski definition) is 2. The molecule has 0 heterocycles. The van der Waals surface area contributed by atoms with E-state index in [0.717, 1.165) is 12.1 Å². The van der Waals surface area contributed by atoms with Gasteiger partial charge in [0.2, 0.25) is 0 Å². The first-order valence-corrected chi connectivity index (χ1v) is 10.1. The second kappa shape index (κ2) is 8.29. The summed E-state index contributed by atoms with van der Waals surface area (Å²) >= 11 is 5.98. The maximum absolute atomic E-state index is 12.6. The van der Waals surface area contributed by atoms with E-state index < -0.39 is 20.9 Å². The Balaban J connectivity index is 1.86. The Morgan fingerprint density at radius 1 is 0.931 bits per heavy atom. The SMILES string of the molecule is O=C(Nc1ccccc1NS(=O)(=O)c1ccccc1)c1ccc([N+](=O)[O-])cc1Cl. The van der Waals surface area contributed by atoms with Gasteiger partial charge in [-0.15, -0.1) is 0 Å². The Bertz CT molecular complexity index is 1180. The lowest BCUT2D eigenvalue weighted by Gasteiger charge is -2.14. The Morgan fingerprint density at radius 2 is 1.55 bits per heavy atom. The lowest BCUT2D eigenvalue weighted by Crippen LogP contribution is -2.17. The van der Waals surface area contributed by atoms with Gasteiger partial charge in [0.25, 0.3) is 21.6 Å². The molecule has 1 amide bonds. The monoisotopic (exact) mass is 431 g/mol. The minimum absolute atomic E-state index is 0.0120. The molecule has 0 aromatic heterocycles. The van der Waals surface area contributed by atoms with Crippen molar-refractivity contribution in [3.8, 4) is 0 Å². The average molecular weight is 432 g/mol. The molecule has 0 aliphatic rings. The molecule has 0 aliphatic heterocycles. The Hall–Kier alpha value is -3.43. The van der Waals surface area contributed by atoms with Crippen molar-refractivity contribution >= 4 is 44.6 Å². The molecule has 0 aliphatic carbocycles. The lowest BCUT2D eigenvalue weighted by atomic mass is 10.2. The second-order valence-electron chi connectivity index (χ2n) is 5.84. The molecular formula is C19H14ClN3O5S. The van der Waals surface area contributed by atoms with Crippen LogP contribution in [0.2, 0.25) is 5.02 Å². The number of amides is 1. The molecule has 10 heteroatoms. The largest absolute Gasteiger partial charge is 0.320 e. The molecule has 0 spiro atoms. The van der Waals surface area contributed by atoms with Gasteiger partial charge in [0, 0.05) is 12.1 Å². The first-order valence-electron chi connectivity index (χ1n) is 8.20. The summed E-state index contributed by atoms with van der Waals surface area (Å²) in [4.78, 5) is 22.8. The molecule has 0 saturated heterocycles. The fraction of sp³-hybridized carbons (Fsp3) is 0. The van der Waals surface area contributed by atoms with Crippen LogP contribution in [0.25, 0.3) is 0 Å². The van der Waals surface area contributed by atoms with Crippen LogP contribution in [0.4, 0.5) is 17.1 Å². The number of nitrogens with one attached hydrogen (secondary N) is 2. The number of carbonyl (C=O) groups is 1. The van der Waals surface area contributed by atoms with Crippen LogP contribution in [0.1, 0.15) is 10.4 Å². The number of hydrogen-bond acceptors (Lipinski definition) is 5. The quantitative estimate of drug-likeness (QED) is 0.445. The molecule has 0 atom stereocenters. The van der Waals surface area contributed by atoms with Crippen molar-refractivity contribution in [2.75, 3.05) is 10.0 Å². The smallest absolute Gasteiger partial charge is 0.270 e. The van der Waals surface area contributed by atoms with Crippen LogP contribution in [-0.2, 0) is 10.0 Å². The van der Waals surface area contributed by atoms with Crippen LogP contribution in [0.5, 0.6) is 0 Å². The number of nitrogens with zero attached hydrogens (tertiary/aromatic N) is 1. The van der Waals surface area contributed by atoms with E-state index in [2.05, 4.69) is 10.0 Å². The average Bonchev–Trinajstić information content (AvgIpc) is 2.69. The fourth-order valence-corrected chi connectivity index (χ4v) is 3.84. The summed E-state index contributed by atoms with van der Waals surface area (Å²) in [6.45, 7) is 0. The molecule has 148 valence electrons. The van der Waals surface area contributed by atoms with Crippen LogP contribution in [0.15, 0.2) is 77.7 Å². The molecule has 0 bridgehead atoms. The summed E-state index contributed by atoms with van der Waals surface area (Å²) in [6, 6.07) is 17.5. The number of para-hydroxylation sites is 2. The molecular weight excluding hydrogens is 418 g/mol. The van der Waals surface area contributed by atoms with E-state index in [1.54, 1.807) is 30.3 Å². The van der Waals surface area contributed by atoms with E-state index in [-0.39, 0.29) is 32.5 Å². The van der Waals surface area contributed by atoms with Gasteiger partial charge in [0.15, 0.2) is 0 Å². The van der Waals surface area contributed by atoms with Gasteiger partial charge in [-0.1, -0.05) is 41.9 Å². The molecule has 29 heavy (non-hydrogen) atoms. The summed E-state index contributed by atoms with van der Waals surface area (Å²) < 4.78 is 27.5. The number of sulfonamides is 1. The second-order valence-corrected chi connectivity index (χ2v) is 7.93. The number of halogens is 1. The maximum atomic E-state index is 12.6. The predicted molar refractivity (Wildman–Crippen MR) is 110 cm³/mol. The zero-order valence-corrected chi connectivity index (χ0v) is 16.3. The van der Waals surface area contributed by atoms with Gasteiger partial charge in [0.1, 0.15) is 0 Å². The molecule has 0 saturated carbocycles. The van der Waals surface area contributed by atoms with E-state index in [9.17, 15) is 23.3 Å². The highest BCUT2D eigenvalue weighted by molar-refractivity contribution is 7.92. The highest BCUT2D eigenvalue weighted by Crippen LogP contribution is 2.27. The third-order valence-electron chi connectivity index (χ3n) is 3.88. The fourth-order valence-electron chi connectivity index (χ4n) is 2.48. The van der Waals surface area contributed by atoms with Crippen molar-refractivity contribution in [3.05, 3.63) is 93.5 Å². The van der Waals surface area contributed by atoms with Crippen LogP contribution < -0.4 is 10.0 Å². The van der Waals surface area contributed by atoms with Gasteiger partial charge >= 0.3 is 0 Å². The van der Waals surface area contributed by atoms with Crippen molar-refractivity contribution in [2.24, 2.45) is 0 Å². The summed E-state index contributed by atoms with van der Waals surface area (Å²) in [5.41, 5.74) is 0.120. The zero-order chi connectivity index (χ0) is 21.0. The predicted octanol–water partition coefficient (Wildman–Crippen LogP) is 4.30. The van der Waals surface area contributed by atoms with Crippen molar-refractivity contribution in [3.63, 3.8) is 0 Å². The number of nitro benzene ring substituents is 1. The minimum Gasteiger partial charge on any atom is -0.320 e. The molecule has 2 N–H and O–H groups in total. The first kappa shape index (κ1) is 20.3. The highest BCUT2D eigenvalue weighted by Gasteiger charge is 2.19. The molecule has 3 aromatic carbocycles. The van der Waals surface area contributed by atoms with E-state index in [1.165, 1.54) is 30.3 Å². The number of carbonyl (C=O) groups excluding carboxylic acids is 1. The van der Waals surface area contributed by atoms with Gasteiger partial charge in [-0.2, -0.15) is 0 Å². The number of rotatable bonds is 6. The zero-order valence-electron chi connectivity index (χ0n) is 14.7. The van der Waals surface area contributed by atoms with E-state index in [0.29, 0.717) is 0 Å². The van der Waals surface area contributed by atoms with Crippen LogP contribution in [0, 0.1) is 10.1 Å². The van der Waals surface area contributed by atoms with Gasteiger partial charge in [-0.25, -0.2) is 8.42 Å². The molecule has 0 radical (unpaired) electrons. The number of benzene rings is 3. The Kier molecular flexibility index (Phi) is 5.81. The van der Waals surface area contributed by atoms with Crippen molar-refractivity contribution in [1.29, 1.82) is 0 Å². The Labute approximate surface area is 171 Å². The number of anilines is 2. The molecule has 8 nitrogen and oxygen atoms in total. The normalized spacial score (nSPS) is 10.9. The summed E-state index contributed by atoms with van der Waals surface area (Å²) in [6.07, 6.45) is 0.